The fourth-order valence-corrected chi connectivity index (χ4v) is 4.38. The zero-order valence-corrected chi connectivity index (χ0v) is 21.4. The van der Waals surface area contributed by atoms with E-state index >= 15 is 0 Å². The second-order valence-corrected chi connectivity index (χ2v) is 10.8. The molecule has 178 valence electrons. The Morgan fingerprint density at radius 2 is 1.70 bits per heavy atom. The van der Waals surface area contributed by atoms with E-state index in [1.54, 1.807) is 0 Å². The lowest BCUT2D eigenvalue weighted by molar-refractivity contribution is 0.302. The number of H-pyrrole nitrogens is 1. The van der Waals surface area contributed by atoms with Gasteiger partial charge in [0.15, 0.2) is 11.6 Å². The summed E-state index contributed by atoms with van der Waals surface area (Å²) >= 11 is 18.5. The number of ether oxygens (including phenoxy) is 2. The van der Waals surface area contributed by atoms with Crippen LogP contribution in [0, 0.1) is 0 Å². The highest BCUT2D eigenvalue weighted by atomic mass is 35.5. The van der Waals surface area contributed by atoms with Gasteiger partial charge in [-0.15, -0.1) is 11.6 Å². The summed E-state index contributed by atoms with van der Waals surface area (Å²) in [5.74, 6) is 1.59. The molecule has 0 spiro atoms. The molecule has 33 heavy (non-hydrogen) atoms. The van der Waals surface area contributed by atoms with Crippen LogP contribution in [0.3, 0.4) is 0 Å². The van der Waals surface area contributed by atoms with E-state index in [1.807, 2.05) is 36.4 Å². The van der Waals surface area contributed by atoms with Gasteiger partial charge >= 0.3 is 0 Å². The molecule has 11 heteroatoms. The molecule has 1 heterocycles. The van der Waals surface area contributed by atoms with Crippen LogP contribution >= 0.6 is 34.8 Å². The maximum atomic E-state index is 11.4. The third-order valence-electron chi connectivity index (χ3n) is 5.00. The SMILES string of the molecule is CC(C)(c1ccc(OCc2[nH]cnc2NS(C)(=O)=O)cc1)c1cc(Cl)c(OCCCl)c(Cl)c1. The molecule has 0 unspecified atom stereocenters. The lowest BCUT2D eigenvalue weighted by Gasteiger charge is -2.27. The lowest BCUT2D eigenvalue weighted by Crippen LogP contribution is -2.19. The number of rotatable bonds is 10. The number of benzene rings is 2. The summed E-state index contributed by atoms with van der Waals surface area (Å²) in [4.78, 5) is 6.85. The van der Waals surface area contributed by atoms with Crippen molar-refractivity contribution in [1.82, 2.24) is 9.97 Å². The zero-order valence-electron chi connectivity index (χ0n) is 18.3. The molecule has 0 radical (unpaired) electrons. The van der Waals surface area contributed by atoms with Crippen LogP contribution in [0.4, 0.5) is 5.82 Å². The van der Waals surface area contributed by atoms with Crippen LogP contribution in [-0.2, 0) is 22.0 Å². The highest BCUT2D eigenvalue weighted by Crippen LogP contribution is 2.40. The molecule has 0 saturated heterocycles. The highest BCUT2D eigenvalue weighted by Gasteiger charge is 2.25. The third kappa shape index (κ3) is 6.47. The summed E-state index contributed by atoms with van der Waals surface area (Å²) in [6, 6.07) is 11.3. The van der Waals surface area contributed by atoms with Gasteiger partial charge in [0.2, 0.25) is 10.0 Å². The highest BCUT2D eigenvalue weighted by molar-refractivity contribution is 7.92. The molecule has 7 nitrogen and oxygen atoms in total. The van der Waals surface area contributed by atoms with Gasteiger partial charge in [-0.1, -0.05) is 49.2 Å². The predicted octanol–water partition coefficient (Wildman–Crippen LogP) is 5.61. The van der Waals surface area contributed by atoms with E-state index in [9.17, 15) is 8.42 Å². The van der Waals surface area contributed by atoms with Crippen molar-refractivity contribution in [2.24, 2.45) is 0 Å². The average molecular weight is 533 g/mol. The molecule has 2 N–H and O–H groups in total. The smallest absolute Gasteiger partial charge is 0.231 e. The number of hydrogen-bond donors (Lipinski definition) is 2. The van der Waals surface area contributed by atoms with Crippen molar-refractivity contribution >= 4 is 50.6 Å². The number of hydrogen-bond acceptors (Lipinski definition) is 5. The minimum Gasteiger partial charge on any atom is -0.489 e. The number of halogens is 3. The third-order valence-corrected chi connectivity index (χ3v) is 6.28. The first-order chi connectivity index (χ1) is 15.5. The molecular formula is C22H24Cl3N3O4S. The van der Waals surface area contributed by atoms with Gasteiger partial charge < -0.3 is 14.5 Å². The van der Waals surface area contributed by atoms with Crippen LogP contribution in [0.25, 0.3) is 0 Å². The van der Waals surface area contributed by atoms with E-state index < -0.39 is 15.4 Å². The van der Waals surface area contributed by atoms with Crippen molar-refractivity contribution in [2.75, 3.05) is 23.5 Å². The van der Waals surface area contributed by atoms with Crippen molar-refractivity contribution in [1.29, 1.82) is 0 Å². The van der Waals surface area contributed by atoms with E-state index in [4.69, 9.17) is 44.3 Å². The zero-order chi connectivity index (χ0) is 24.2. The number of sulfonamides is 1. The van der Waals surface area contributed by atoms with E-state index in [-0.39, 0.29) is 12.4 Å². The number of anilines is 1. The van der Waals surface area contributed by atoms with Gasteiger partial charge in [0.05, 0.1) is 34.2 Å². The molecule has 0 saturated carbocycles. The molecule has 0 aliphatic rings. The van der Waals surface area contributed by atoms with Gasteiger partial charge in [0, 0.05) is 5.41 Å². The average Bonchev–Trinajstić information content (AvgIpc) is 3.17. The molecule has 0 aliphatic carbocycles. The second kappa shape index (κ2) is 10.4. The number of nitrogens with zero attached hydrogens (tertiary/aromatic N) is 1. The maximum absolute atomic E-state index is 11.4. The van der Waals surface area contributed by atoms with Crippen LogP contribution in [0.1, 0.15) is 30.7 Å². The Bertz CT molecular complexity index is 1190. The lowest BCUT2D eigenvalue weighted by atomic mass is 9.78. The largest absolute Gasteiger partial charge is 0.489 e. The van der Waals surface area contributed by atoms with Gasteiger partial charge in [-0.25, -0.2) is 13.4 Å². The number of aromatic nitrogens is 2. The Kier molecular flexibility index (Phi) is 8.05. The second-order valence-electron chi connectivity index (χ2n) is 7.85. The minimum absolute atomic E-state index is 0.121. The van der Waals surface area contributed by atoms with Crippen LogP contribution in [0.2, 0.25) is 10.0 Å². The van der Waals surface area contributed by atoms with Crippen molar-refractivity contribution in [2.45, 2.75) is 25.9 Å². The number of alkyl halides is 1. The molecule has 0 aliphatic heterocycles. The summed E-state index contributed by atoms with van der Waals surface area (Å²) in [6.45, 7) is 4.57. The predicted molar refractivity (Wildman–Crippen MR) is 133 cm³/mol. The van der Waals surface area contributed by atoms with Gasteiger partial charge in [-0.2, -0.15) is 0 Å². The molecular weight excluding hydrogens is 509 g/mol. The topological polar surface area (TPSA) is 93.3 Å². The molecule has 3 rings (SSSR count). The molecule has 0 bridgehead atoms. The first-order valence-corrected chi connectivity index (χ1v) is 13.1. The fourth-order valence-electron chi connectivity index (χ4n) is 3.18. The summed E-state index contributed by atoms with van der Waals surface area (Å²) in [6.07, 6.45) is 2.47. The van der Waals surface area contributed by atoms with E-state index in [1.165, 1.54) is 6.33 Å². The van der Waals surface area contributed by atoms with Crippen LogP contribution in [-0.4, -0.2) is 37.1 Å². The summed E-state index contributed by atoms with van der Waals surface area (Å²) in [7, 11) is -3.44. The Morgan fingerprint density at radius 3 is 2.27 bits per heavy atom. The molecule has 1 aromatic heterocycles. The molecule has 0 atom stereocenters. The summed E-state index contributed by atoms with van der Waals surface area (Å²) in [5.41, 5.74) is 2.08. The van der Waals surface area contributed by atoms with Crippen molar-refractivity contribution in [3.05, 3.63) is 69.6 Å². The van der Waals surface area contributed by atoms with Crippen molar-refractivity contribution in [3.63, 3.8) is 0 Å². The number of aromatic amines is 1. The van der Waals surface area contributed by atoms with Crippen LogP contribution in [0.15, 0.2) is 42.7 Å². The standard InChI is InChI=1S/C22H24Cl3N3O4S/c1-22(2,15-10-17(24)20(18(25)11-15)31-9-8-23)14-4-6-16(7-5-14)32-12-19-21(27-13-26-19)28-33(3,29)30/h4-7,10-11,13,28H,8-9,12H2,1-3H3,(H,26,27). The fraction of sp³-hybridized carbons (Fsp3) is 0.318. The molecule has 0 fully saturated rings. The Balaban J connectivity index is 1.74. The van der Waals surface area contributed by atoms with E-state index in [2.05, 4.69) is 28.5 Å². The molecule has 0 amide bonds. The van der Waals surface area contributed by atoms with Crippen LogP contribution in [0.5, 0.6) is 11.5 Å². The monoisotopic (exact) mass is 531 g/mol. The van der Waals surface area contributed by atoms with Crippen LogP contribution < -0.4 is 14.2 Å². The van der Waals surface area contributed by atoms with E-state index in [0.717, 1.165) is 17.4 Å². The van der Waals surface area contributed by atoms with Gasteiger partial charge in [-0.3, -0.25) is 4.72 Å². The summed E-state index contributed by atoms with van der Waals surface area (Å²) < 4.78 is 36.6. The minimum atomic E-state index is -3.44. The Hall–Kier alpha value is -2.13. The Labute approximate surface area is 208 Å². The van der Waals surface area contributed by atoms with Gasteiger partial charge in [0.1, 0.15) is 19.0 Å². The van der Waals surface area contributed by atoms with Crippen molar-refractivity contribution in [3.8, 4) is 11.5 Å². The molecule has 3 aromatic rings. The Morgan fingerprint density at radius 1 is 1.06 bits per heavy atom. The first-order valence-electron chi connectivity index (χ1n) is 9.93. The number of imidazole rings is 1. The van der Waals surface area contributed by atoms with Gasteiger partial charge in [0.25, 0.3) is 0 Å². The quantitative estimate of drug-likeness (QED) is 0.331. The normalized spacial score (nSPS) is 11.9. The maximum Gasteiger partial charge on any atom is 0.231 e. The summed E-state index contributed by atoms with van der Waals surface area (Å²) in [5, 5.41) is 0.849. The van der Waals surface area contributed by atoms with Gasteiger partial charge in [-0.05, 0) is 35.4 Å². The number of nitrogens with one attached hydrogen (secondary N) is 2. The van der Waals surface area contributed by atoms with E-state index in [0.29, 0.717) is 39.7 Å². The molecule has 2 aromatic carbocycles. The van der Waals surface area contributed by atoms with Crippen molar-refractivity contribution < 1.29 is 17.9 Å². The first kappa shape index (κ1) is 25.5.